The van der Waals surface area contributed by atoms with Crippen LogP contribution in [0.25, 0.3) is 11.0 Å². The number of imidazole rings is 2. The van der Waals surface area contributed by atoms with Crippen LogP contribution in [0, 0.1) is 6.92 Å². The second-order valence-corrected chi connectivity index (χ2v) is 9.96. The second-order valence-electron chi connectivity index (χ2n) is 9.96. The number of aryl methyl sites for hydroxylation is 2. The molecule has 196 valence electrons. The van der Waals surface area contributed by atoms with Crippen molar-refractivity contribution in [1.82, 2.24) is 35.1 Å². The lowest BCUT2D eigenvalue weighted by molar-refractivity contribution is 0.153. The first-order valence-corrected chi connectivity index (χ1v) is 13.1. The molecule has 3 N–H and O–H groups in total. The van der Waals surface area contributed by atoms with Crippen LogP contribution in [0.5, 0.6) is 0 Å². The zero-order valence-electron chi connectivity index (χ0n) is 21.2. The van der Waals surface area contributed by atoms with Gasteiger partial charge in [0.2, 0.25) is 0 Å². The van der Waals surface area contributed by atoms with Crippen LogP contribution in [0.3, 0.4) is 0 Å². The van der Waals surface area contributed by atoms with E-state index in [4.69, 9.17) is 9.97 Å². The van der Waals surface area contributed by atoms with Crippen LogP contribution >= 0.6 is 0 Å². The van der Waals surface area contributed by atoms with Crippen molar-refractivity contribution in [2.24, 2.45) is 0 Å². The van der Waals surface area contributed by atoms with Crippen LogP contribution in [-0.4, -0.2) is 29.8 Å². The van der Waals surface area contributed by atoms with Crippen molar-refractivity contribution < 1.29 is 0 Å². The highest BCUT2D eigenvalue weighted by Crippen LogP contribution is 2.34. The van der Waals surface area contributed by atoms with Gasteiger partial charge in [0.05, 0.1) is 41.3 Å². The molecule has 38 heavy (non-hydrogen) atoms. The summed E-state index contributed by atoms with van der Waals surface area (Å²) in [5.41, 5.74) is 9.45. The Morgan fingerprint density at radius 3 is 2.61 bits per heavy atom. The number of fused-ring (bicyclic) bond motifs is 2. The van der Waals surface area contributed by atoms with Crippen LogP contribution in [0.1, 0.15) is 65.9 Å². The maximum atomic E-state index is 4.89. The molecule has 1 atom stereocenters. The molecule has 1 unspecified atom stereocenters. The number of aromatic nitrogens is 5. The molecule has 1 aliphatic carbocycles. The first-order chi connectivity index (χ1) is 18.2. The molecule has 3 heterocycles. The van der Waals surface area contributed by atoms with E-state index in [1.807, 2.05) is 12.3 Å². The summed E-state index contributed by atoms with van der Waals surface area (Å²) in [5, 5.41) is 3.50. The third-order valence-corrected chi connectivity index (χ3v) is 7.36. The van der Waals surface area contributed by atoms with Gasteiger partial charge in [-0.2, -0.15) is 0 Å². The smallest absolute Gasteiger partial charge is 0.121 e. The molecular formula is C31H37N7. The molecular weight excluding hydrogens is 470 g/mol. The second kappa shape index (κ2) is 11.7. The minimum atomic E-state index is 0. The fourth-order valence-corrected chi connectivity index (χ4v) is 5.38. The average Bonchev–Trinajstić information content (AvgIpc) is 3.54. The Hall–Kier alpha value is -3.81. The summed E-state index contributed by atoms with van der Waals surface area (Å²) in [5.74, 6) is 0.999. The van der Waals surface area contributed by atoms with Crippen molar-refractivity contribution in [2.45, 2.75) is 65.8 Å². The van der Waals surface area contributed by atoms with Gasteiger partial charge in [0.15, 0.2) is 0 Å². The fourth-order valence-electron chi connectivity index (χ4n) is 5.38. The lowest BCUT2D eigenvalue weighted by atomic mass is 9.90. The van der Waals surface area contributed by atoms with Crippen molar-refractivity contribution in [3.63, 3.8) is 0 Å². The van der Waals surface area contributed by atoms with E-state index in [9.17, 15) is 0 Å². The first kappa shape index (κ1) is 25.8. The Bertz CT molecular complexity index is 1430. The van der Waals surface area contributed by atoms with E-state index in [-0.39, 0.29) is 13.5 Å². The lowest BCUT2D eigenvalue weighted by Gasteiger charge is -2.34. The quantitative estimate of drug-likeness (QED) is 0.228. The van der Waals surface area contributed by atoms with E-state index in [1.54, 1.807) is 6.33 Å². The normalized spacial score (nSPS) is 14.9. The molecule has 0 aliphatic heterocycles. The Labute approximate surface area is 224 Å². The summed E-state index contributed by atoms with van der Waals surface area (Å²) in [6, 6.07) is 21.8. The molecule has 0 amide bonds. The van der Waals surface area contributed by atoms with Gasteiger partial charge in [0.25, 0.3) is 0 Å². The number of benzene rings is 2. The summed E-state index contributed by atoms with van der Waals surface area (Å²) in [7, 11) is 0. The molecule has 0 radical (unpaired) electrons. The standard InChI is InChI=1S/C30H33N7.CH4/c1-21-27(34-20-33-21)17-31-16-22-11-13-23(14-12-22)18-37(19-29-35-25-8-2-3-9-26(25)36-29)28-10-4-6-24-7-5-15-32-30(24)28;/h2-3,5,7-9,11-15,20,28,31H,4,6,10,16-19H2,1H3,(H,33,34)(H,35,36);1H4. The molecule has 0 saturated carbocycles. The van der Waals surface area contributed by atoms with E-state index in [0.29, 0.717) is 0 Å². The predicted molar refractivity (Wildman–Crippen MR) is 152 cm³/mol. The number of aromatic amines is 2. The maximum absolute atomic E-state index is 4.89. The molecule has 3 aromatic heterocycles. The first-order valence-electron chi connectivity index (χ1n) is 13.1. The number of rotatable bonds is 9. The summed E-state index contributed by atoms with van der Waals surface area (Å²) in [6.45, 7) is 5.22. The molecule has 0 fully saturated rings. The number of pyridine rings is 1. The summed E-state index contributed by atoms with van der Waals surface area (Å²) in [6.07, 6.45) is 7.08. The summed E-state index contributed by atoms with van der Waals surface area (Å²) >= 11 is 0. The Kier molecular flexibility index (Phi) is 7.96. The van der Waals surface area contributed by atoms with Gasteiger partial charge in [-0.3, -0.25) is 9.88 Å². The highest BCUT2D eigenvalue weighted by Gasteiger charge is 2.28. The van der Waals surface area contributed by atoms with Crippen LogP contribution in [-0.2, 0) is 32.6 Å². The molecule has 6 rings (SSSR count). The molecule has 2 aromatic carbocycles. The Balaban J connectivity index is 0.00000294. The fraction of sp³-hybridized carbons (Fsp3) is 0.323. The zero-order chi connectivity index (χ0) is 25.0. The summed E-state index contributed by atoms with van der Waals surface area (Å²) in [4.78, 5) is 23.3. The lowest BCUT2D eigenvalue weighted by Crippen LogP contribution is -2.31. The SMILES string of the molecule is C.Cc1[nH]cnc1CNCc1ccc(CN(Cc2nc3ccccc3[nH]2)C2CCCc3cccnc32)cc1. The minimum absolute atomic E-state index is 0. The maximum Gasteiger partial charge on any atom is 0.121 e. The van der Waals surface area contributed by atoms with Crippen molar-refractivity contribution in [2.75, 3.05) is 0 Å². The van der Waals surface area contributed by atoms with Gasteiger partial charge in [-0.1, -0.05) is 49.9 Å². The highest BCUT2D eigenvalue weighted by molar-refractivity contribution is 5.74. The van der Waals surface area contributed by atoms with E-state index in [1.165, 1.54) is 28.8 Å². The van der Waals surface area contributed by atoms with Gasteiger partial charge in [-0.25, -0.2) is 9.97 Å². The molecule has 7 heteroatoms. The number of para-hydroxylation sites is 2. The largest absolute Gasteiger partial charge is 0.348 e. The van der Waals surface area contributed by atoms with E-state index >= 15 is 0 Å². The van der Waals surface area contributed by atoms with Gasteiger partial charge < -0.3 is 15.3 Å². The number of hydrogen-bond acceptors (Lipinski definition) is 5. The van der Waals surface area contributed by atoms with E-state index in [0.717, 1.165) is 67.3 Å². The molecule has 0 bridgehead atoms. The van der Waals surface area contributed by atoms with Crippen LogP contribution in [0.4, 0.5) is 0 Å². The van der Waals surface area contributed by atoms with Crippen molar-refractivity contribution in [3.05, 3.63) is 113 Å². The van der Waals surface area contributed by atoms with Gasteiger partial charge in [-0.15, -0.1) is 0 Å². The Morgan fingerprint density at radius 2 is 1.79 bits per heavy atom. The Morgan fingerprint density at radius 1 is 0.947 bits per heavy atom. The van der Waals surface area contributed by atoms with Crippen LogP contribution in [0.15, 0.2) is 73.2 Å². The molecule has 0 spiro atoms. The minimum Gasteiger partial charge on any atom is -0.348 e. The molecule has 1 aliphatic rings. The zero-order valence-corrected chi connectivity index (χ0v) is 21.2. The molecule has 5 aromatic rings. The van der Waals surface area contributed by atoms with Gasteiger partial charge in [0.1, 0.15) is 5.82 Å². The third-order valence-electron chi connectivity index (χ3n) is 7.36. The van der Waals surface area contributed by atoms with Gasteiger partial charge >= 0.3 is 0 Å². The number of hydrogen-bond donors (Lipinski definition) is 3. The number of nitrogens with one attached hydrogen (secondary N) is 3. The van der Waals surface area contributed by atoms with Crippen molar-refractivity contribution in [1.29, 1.82) is 0 Å². The van der Waals surface area contributed by atoms with Crippen molar-refractivity contribution in [3.8, 4) is 0 Å². The average molecular weight is 508 g/mol. The number of H-pyrrole nitrogens is 2. The van der Waals surface area contributed by atoms with Gasteiger partial charge in [0, 0.05) is 31.5 Å². The van der Waals surface area contributed by atoms with Crippen LogP contribution < -0.4 is 5.32 Å². The number of nitrogens with zero attached hydrogens (tertiary/aromatic N) is 4. The van der Waals surface area contributed by atoms with Gasteiger partial charge in [-0.05, 0) is 61.1 Å². The predicted octanol–water partition coefficient (Wildman–Crippen LogP) is 6.00. The highest BCUT2D eigenvalue weighted by atomic mass is 15.2. The third kappa shape index (κ3) is 5.69. The molecule has 7 nitrogen and oxygen atoms in total. The topological polar surface area (TPSA) is 85.5 Å². The van der Waals surface area contributed by atoms with E-state index < -0.39 is 0 Å². The monoisotopic (exact) mass is 507 g/mol. The van der Waals surface area contributed by atoms with E-state index in [2.05, 4.69) is 86.7 Å². The van der Waals surface area contributed by atoms with Crippen molar-refractivity contribution >= 4 is 11.0 Å². The molecule has 0 saturated heterocycles. The van der Waals surface area contributed by atoms with Crippen LogP contribution in [0.2, 0.25) is 0 Å². The summed E-state index contributed by atoms with van der Waals surface area (Å²) < 4.78 is 0.